The van der Waals surface area contributed by atoms with Gasteiger partial charge in [-0.3, -0.25) is 14.5 Å². The molecule has 6 aromatic rings. The normalized spacial score (nSPS) is 24.5. The van der Waals surface area contributed by atoms with Gasteiger partial charge in [-0.15, -0.1) is 11.3 Å². The number of carbonyl (C=O) groups is 2. The summed E-state index contributed by atoms with van der Waals surface area (Å²) >= 11 is 1.60. The number of aromatic amines is 1. The van der Waals surface area contributed by atoms with Gasteiger partial charge in [0.2, 0.25) is 17.7 Å². The molecular formula is C63H81N11O7S. The zero-order valence-corrected chi connectivity index (χ0v) is 49.1. The van der Waals surface area contributed by atoms with Gasteiger partial charge in [-0.05, 0) is 113 Å². The molecule has 6 fully saturated rings. The fourth-order valence-electron chi connectivity index (χ4n) is 14.2. The van der Waals surface area contributed by atoms with E-state index in [-0.39, 0.29) is 66.3 Å². The predicted molar refractivity (Wildman–Crippen MR) is 319 cm³/mol. The van der Waals surface area contributed by atoms with Crippen LogP contribution in [0.2, 0.25) is 0 Å². The number of phenols is 1. The number of carbonyl (C=O) groups excluding carboxylic acids is 2. The Morgan fingerprint density at radius 2 is 1.59 bits per heavy atom. The summed E-state index contributed by atoms with van der Waals surface area (Å²) in [6, 6.07) is 23.2. The van der Waals surface area contributed by atoms with Crippen LogP contribution in [0.15, 0.2) is 89.0 Å². The Kier molecular flexibility index (Phi) is 15.8. The number of nitrogens with zero attached hydrogens (tertiary/aromatic N) is 8. The number of piperidine rings is 2. The number of β-amino-alcohol motifs (C(OH)–C–C–N with tert-alkyl or cyclic N) is 1. The van der Waals surface area contributed by atoms with Crippen LogP contribution in [-0.4, -0.2) is 146 Å². The van der Waals surface area contributed by atoms with Crippen LogP contribution in [0.5, 0.6) is 11.6 Å². The maximum atomic E-state index is 14.5. The maximum Gasteiger partial charge on any atom is 0.243 e. The molecule has 6 N–H and O–H groups in total. The highest BCUT2D eigenvalue weighted by Gasteiger charge is 2.46. The molecule has 0 radical (unpaired) electrons. The minimum absolute atomic E-state index is 0.0205. The molecule has 6 atom stereocenters. The first-order valence-corrected chi connectivity index (χ1v) is 30.8. The predicted octanol–water partition coefficient (Wildman–Crippen LogP) is 9.31. The second-order valence-electron chi connectivity index (χ2n) is 24.9. The van der Waals surface area contributed by atoms with Crippen molar-refractivity contribution in [3.8, 4) is 33.3 Å². The van der Waals surface area contributed by atoms with Crippen LogP contribution in [0.1, 0.15) is 121 Å². The van der Waals surface area contributed by atoms with Crippen molar-refractivity contribution in [2.24, 2.45) is 11.8 Å². The van der Waals surface area contributed by atoms with E-state index in [0.29, 0.717) is 35.5 Å². The van der Waals surface area contributed by atoms with E-state index in [0.717, 1.165) is 141 Å². The lowest BCUT2D eigenvalue weighted by atomic mass is 9.78. The van der Waals surface area contributed by atoms with E-state index in [2.05, 4.69) is 77.1 Å². The summed E-state index contributed by atoms with van der Waals surface area (Å²) in [5.74, 6) is 1.93. The Hall–Kier alpha value is -6.67. The number of hydrogen-bond acceptors (Lipinski definition) is 16. The number of H-pyrrole nitrogens is 1. The van der Waals surface area contributed by atoms with E-state index < -0.39 is 18.1 Å². The monoisotopic (exact) mass is 1140 g/mol. The number of likely N-dealkylation sites (tertiary alicyclic amines) is 2. The molecule has 0 spiro atoms. The zero-order chi connectivity index (χ0) is 57.0. The lowest BCUT2D eigenvalue weighted by Crippen LogP contribution is -2.56. The molecule has 5 aliphatic heterocycles. The Labute approximate surface area is 485 Å². The number of benzene rings is 2. The number of piperazine rings is 1. The first-order chi connectivity index (χ1) is 39.5. The third-order valence-corrected chi connectivity index (χ3v) is 20.0. The fourth-order valence-corrected chi connectivity index (χ4v) is 15.0. The van der Waals surface area contributed by atoms with Gasteiger partial charge < -0.3 is 59.8 Å². The van der Waals surface area contributed by atoms with Crippen LogP contribution < -0.4 is 30.5 Å². The van der Waals surface area contributed by atoms with Crippen molar-refractivity contribution < 1.29 is 33.8 Å². The Bertz CT molecular complexity index is 3180. The molecular weight excluding hydrogens is 1050 g/mol. The molecule has 1 saturated carbocycles. The van der Waals surface area contributed by atoms with E-state index in [9.17, 15) is 19.8 Å². The molecule has 2 bridgehead atoms. The van der Waals surface area contributed by atoms with Gasteiger partial charge in [-0.1, -0.05) is 55.4 Å². The molecule has 1 aliphatic carbocycles. The van der Waals surface area contributed by atoms with E-state index >= 15 is 0 Å². The molecule has 82 heavy (non-hydrogen) atoms. The topological polar surface area (TPSA) is 215 Å². The summed E-state index contributed by atoms with van der Waals surface area (Å²) in [6.45, 7) is 18.2. The van der Waals surface area contributed by atoms with E-state index in [4.69, 9.17) is 19.7 Å². The lowest BCUT2D eigenvalue weighted by Gasteiger charge is -2.50. The number of aliphatic hydroxyl groups is 1. The average Bonchev–Trinajstić information content (AvgIpc) is 4.25. The minimum Gasteiger partial charge on any atom is -0.507 e. The molecule has 436 valence electrons. The van der Waals surface area contributed by atoms with Gasteiger partial charge in [0.25, 0.3) is 0 Å². The fraction of sp³-hybridized carbons (Fsp3) is 0.540. The SMILES string of the molecule is Cc1ncsc1-c1ccc([C@H](C)NC(=O)[C@@H]2C[C@@H](O)CN2C(=O)C(c2cc(N3CCC(C(C)(C)N4CCC(OC5CC(Oc6cc(N7C8CCC7CN(c7cc(-c9ccccc9O)[nH]c7N)C8)ccn6)C5)CC4)CC3)no2)C(C)C)cc1. The van der Waals surface area contributed by atoms with E-state index in [1.807, 2.05) is 87.9 Å². The second-order valence-corrected chi connectivity index (χ2v) is 25.8. The van der Waals surface area contributed by atoms with Crippen LogP contribution in [-0.2, 0) is 14.3 Å². The third-order valence-electron chi connectivity index (χ3n) is 19.1. The van der Waals surface area contributed by atoms with Gasteiger partial charge in [0.05, 0.1) is 51.8 Å². The highest BCUT2D eigenvalue weighted by atomic mass is 32.1. The summed E-state index contributed by atoms with van der Waals surface area (Å²) in [7, 11) is 0. The number of amides is 2. The Balaban J connectivity index is 0.579. The number of rotatable bonds is 17. The van der Waals surface area contributed by atoms with Crippen molar-refractivity contribution >= 4 is 46.2 Å². The van der Waals surface area contributed by atoms with Crippen molar-refractivity contribution in [3.05, 3.63) is 102 Å². The molecule has 2 amide bonds. The number of nitrogens with one attached hydrogen (secondary N) is 2. The number of pyridine rings is 1. The number of ether oxygens (including phenoxy) is 2. The molecule has 2 aromatic carbocycles. The molecule has 9 heterocycles. The lowest BCUT2D eigenvalue weighted by molar-refractivity contribution is -0.141. The van der Waals surface area contributed by atoms with Crippen LogP contribution in [0.4, 0.5) is 23.0 Å². The van der Waals surface area contributed by atoms with E-state index in [1.54, 1.807) is 22.3 Å². The van der Waals surface area contributed by atoms with Gasteiger partial charge >= 0.3 is 0 Å². The Morgan fingerprint density at radius 3 is 2.28 bits per heavy atom. The van der Waals surface area contributed by atoms with Gasteiger partial charge in [-0.2, -0.15) is 0 Å². The number of thiazole rings is 1. The summed E-state index contributed by atoms with van der Waals surface area (Å²) < 4.78 is 19.2. The van der Waals surface area contributed by atoms with Gasteiger partial charge in [0.15, 0.2) is 11.6 Å². The number of anilines is 4. The number of aromatic nitrogens is 4. The van der Waals surface area contributed by atoms with Crippen molar-refractivity contribution in [2.75, 3.05) is 66.2 Å². The summed E-state index contributed by atoms with van der Waals surface area (Å²) in [5, 5.41) is 28.9. The van der Waals surface area contributed by atoms with Crippen molar-refractivity contribution in [1.82, 2.24) is 35.2 Å². The average molecular weight is 1140 g/mol. The molecule has 6 aliphatic rings. The number of para-hydroxylation sites is 1. The third kappa shape index (κ3) is 11.3. The number of nitrogen functional groups attached to an aromatic ring is 1. The van der Waals surface area contributed by atoms with Gasteiger partial charge in [0.1, 0.15) is 29.6 Å². The summed E-state index contributed by atoms with van der Waals surface area (Å²) in [4.78, 5) is 53.2. The van der Waals surface area contributed by atoms with Gasteiger partial charge in [-0.25, -0.2) is 9.97 Å². The van der Waals surface area contributed by atoms with Crippen LogP contribution in [0.25, 0.3) is 21.7 Å². The largest absolute Gasteiger partial charge is 0.507 e. The highest BCUT2D eigenvalue weighted by Crippen LogP contribution is 2.43. The Morgan fingerprint density at radius 1 is 0.854 bits per heavy atom. The summed E-state index contributed by atoms with van der Waals surface area (Å²) in [6.07, 6.45) is 9.79. The van der Waals surface area contributed by atoms with Crippen molar-refractivity contribution in [1.29, 1.82) is 0 Å². The smallest absolute Gasteiger partial charge is 0.243 e. The number of fused-ring (bicyclic) bond motifs is 2. The van der Waals surface area contributed by atoms with Gasteiger partial charge in [0, 0.05) is 112 Å². The van der Waals surface area contributed by atoms with Crippen LogP contribution in [0, 0.1) is 18.8 Å². The zero-order valence-electron chi connectivity index (χ0n) is 48.2. The molecule has 18 nitrogen and oxygen atoms in total. The number of phenolic OH excluding ortho intramolecular Hbond substituents is 1. The molecule has 4 aromatic heterocycles. The molecule has 3 unspecified atom stereocenters. The number of aliphatic hydroxyl groups excluding tert-OH is 1. The standard InChI is InChI=1S/C63H81N11O7S/c1-37(2)58(62(78)73-35-46(75)28-53(73)61(77)67-38(3)40-11-13-41(14-12-40)59-39(4)66-36-82-59)55-32-56(69-81-55)70-23-18-42(19-24-70)63(5,6)72-25-20-47(21-26-72)79-48-29-49(30-48)80-57-27-43(17-22-65-57)74-44-15-16-45(74)34-71(33-44)52-31-51(68-60(52)64)50-9-7-8-10-54(50)76/h7-14,17,22,27,31-32,36-38,42,44-49,53,58,68,75-76H,15-16,18-21,23-26,28-30,33-35,64H2,1-6H3,(H,67,77)/t38-,44?,45?,46+,48?,49?,53-,58?/m0/s1. The molecule has 12 rings (SSSR count). The van der Waals surface area contributed by atoms with Crippen LogP contribution in [0.3, 0.4) is 0 Å². The number of aryl methyl sites for hydroxylation is 1. The van der Waals surface area contributed by atoms with E-state index in [1.165, 1.54) is 0 Å². The van der Waals surface area contributed by atoms with Crippen molar-refractivity contribution in [2.45, 2.75) is 159 Å². The first kappa shape index (κ1) is 55.8. The number of aromatic hydroxyl groups is 1. The molecule has 19 heteroatoms. The minimum atomic E-state index is -0.806. The summed E-state index contributed by atoms with van der Waals surface area (Å²) in [5.41, 5.74) is 15.1. The highest BCUT2D eigenvalue weighted by molar-refractivity contribution is 7.13. The number of nitrogens with two attached hydrogens (primary N) is 1. The maximum absolute atomic E-state index is 14.5. The quantitative estimate of drug-likeness (QED) is 0.0575. The first-order valence-electron chi connectivity index (χ1n) is 29.9. The second kappa shape index (κ2) is 23.2. The van der Waals surface area contributed by atoms with Crippen LogP contribution >= 0.6 is 11.3 Å². The van der Waals surface area contributed by atoms with Crippen molar-refractivity contribution in [3.63, 3.8) is 0 Å². The molecule has 5 saturated heterocycles. The number of hydrogen-bond donors (Lipinski definition) is 5.